The first-order valence-electron chi connectivity index (χ1n) is 7.75. The van der Waals surface area contributed by atoms with Crippen LogP contribution in [0.1, 0.15) is 22.8 Å². The number of thiophene rings is 1. The average molecular weight is 454 g/mol. The number of rotatable bonds is 6. The maximum absolute atomic E-state index is 13.7. The standard InChI is InChI=1S/C16H14F4N2O5S2/c1-8(23)14(25)22(15-11(13(21)24)4-5-28-15)29(26,27)12-6-10(17)3-2-9(12)7-16(18,19)20/h2-6,8,23H,7H2,1H3,(H2,21,24). The van der Waals surface area contributed by atoms with Crippen molar-refractivity contribution in [2.75, 3.05) is 4.31 Å². The van der Waals surface area contributed by atoms with Crippen molar-refractivity contribution in [1.29, 1.82) is 0 Å². The molecule has 0 fully saturated rings. The van der Waals surface area contributed by atoms with Gasteiger partial charge in [0.2, 0.25) is 0 Å². The first-order chi connectivity index (χ1) is 13.3. The lowest BCUT2D eigenvalue weighted by atomic mass is 10.1. The SMILES string of the molecule is CC(O)C(=O)N(c1sccc1C(N)=O)S(=O)(=O)c1cc(F)ccc1CC(F)(F)F. The zero-order valence-corrected chi connectivity index (χ0v) is 16.2. The van der Waals surface area contributed by atoms with E-state index >= 15 is 0 Å². The van der Waals surface area contributed by atoms with Gasteiger partial charge in [0, 0.05) is 0 Å². The molecule has 2 amide bonds. The summed E-state index contributed by atoms with van der Waals surface area (Å²) in [6.07, 6.45) is -8.46. The summed E-state index contributed by atoms with van der Waals surface area (Å²) in [6, 6.07) is 2.70. The quantitative estimate of drug-likeness (QED) is 0.649. The van der Waals surface area contributed by atoms with Crippen molar-refractivity contribution in [2.45, 2.75) is 30.5 Å². The number of sulfonamides is 1. The number of aliphatic hydroxyl groups is 1. The number of hydrogen-bond acceptors (Lipinski definition) is 6. The number of hydrogen-bond donors (Lipinski definition) is 2. The highest BCUT2D eigenvalue weighted by Crippen LogP contribution is 2.35. The molecule has 0 radical (unpaired) electrons. The Morgan fingerprint density at radius 2 is 1.90 bits per heavy atom. The van der Waals surface area contributed by atoms with Gasteiger partial charge < -0.3 is 10.8 Å². The number of alkyl halides is 3. The molecule has 0 saturated heterocycles. The van der Waals surface area contributed by atoms with Crippen LogP contribution in [0.4, 0.5) is 22.6 Å². The van der Waals surface area contributed by atoms with E-state index in [2.05, 4.69) is 0 Å². The molecule has 1 aromatic carbocycles. The third-order valence-electron chi connectivity index (χ3n) is 3.59. The minimum absolute atomic E-state index is 0.0307. The van der Waals surface area contributed by atoms with Crippen molar-refractivity contribution in [1.82, 2.24) is 0 Å². The Hall–Kier alpha value is -2.51. The average Bonchev–Trinajstić information content (AvgIpc) is 3.04. The fourth-order valence-electron chi connectivity index (χ4n) is 2.37. The summed E-state index contributed by atoms with van der Waals surface area (Å²) in [4.78, 5) is 22.9. The molecule has 0 saturated carbocycles. The van der Waals surface area contributed by atoms with Crippen molar-refractivity contribution in [3.8, 4) is 0 Å². The molecule has 2 aromatic rings. The topological polar surface area (TPSA) is 118 Å². The fraction of sp³-hybridized carbons (Fsp3) is 0.250. The monoisotopic (exact) mass is 454 g/mol. The predicted octanol–water partition coefficient (Wildman–Crippen LogP) is 2.19. The maximum Gasteiger partial charge on any atom is 0.393 e. The summed E-state index contributed by atoms with van der Waals surface area (Å²) < 4.78 is 78.6. The Kier molecular flexibility index (Phi) is 6.35. The van der Waals surface area contributed by atoms with Crippen LogP contribution in [0.15, 0.2) is 34.5 Å². The molecule has 3 N–H and O–H groups in total. The van der Waals surface area contributed by atoms with E-state index in [1.165, 1.54) is 5.38 Å². The number of primary amides is 1. The van der Waals surface area contributed by atoms with E-state index < -0.39 is 67.4 Å². The number of carbonyl (C=O) groups is 2. The van der Waals surface area contributed by atoms with Gasteiger partial charge in [-0.25, -0.2) is 12.8 Å². The van der Waals surface area contributed by atoms with Crippen LogP contribution in [0.2, 0.25) is 0 Å². The molecule has 0 aliphatic rings. The molecule has 1 heterocycles. The predicted molar refractivity (Wildman–Crippen MR) is 95.3 cm³/mol. The molecule has 13 heteroatoms. The van der Waals surface area contributed by atoms with Crippen molar-refractivity contribution in [3.63, 3.8) is 0 Å². The number of nitrogens with zero attached hydrogens (tertiary/aromatic N) is 1. The van der Waals surface area contributed by atoms with Crippen LogP contribution in [-0.2, 0) is 21.2 Å². The minimum Gasteiger partial charge on any atom is -0.384 e. The molecule has 1 unspecified atom stereocenters. The van der Waals surface area contributed by atoms with Gasteiger partial charge in [-0.2, -0.15) is 17.5 Å². The second-order valence-corrected chi connectivity index (χ2v) is 8.48. The van der Waals surface area contributed by atoms with Gasteiger partial charge in [-0.1, -0.05) is 6.07 Å². The largest absolute Gasteiger partial charge is 0.393 e. The van der Waals surface area contributed by atoms with Crippen LogP contribution < -0.4 is 10.0 Å². The minimum atomic E-state index is -5.16. The highest BCUT2D eigenvalue weighted by Gasteiger charge is 2.39. The smallest absolute Gasteiger partial charge is 0.384 e. The summed E-state index contributed by atoms with van der Waals surface area (Å²) in [5.41, 5.74) is 3.92. The van der Waals surface area contributed by atoms with Crippen LogP contribution in [-0.4, -0.2) is 37.6 Å². The van der Waals surface area contributed by atoms with Gasteiger partial charge in [0.05, 0.1) is 16.9 Å². The normalized spacial score (nSPS) is 13.2. The van der Waals surface area contributed by atoms with Gasteiger partial charge in [0.25, 0.3) is 21.8 Å². The molecule has 158 valence electrons. The lowest BCUT2D eigenvalue weighted by Gasteiger charge is -2.24. The van der Waals surface area contributed by atoms with E-state index in [0.717, 1.165) is 13.0 Å². The second-order valence-electron chi connectivity index (χ2n) is 5.83. The van der Waals surface area contributed by atoms with Crippen molar-refractivity contribution in [3.05, 3.63) is 46.6 Å². The molecule has 2 rings (SSSR count). The first-order valence-corrected chi connectivity index (χ1v) is 10.1. The van der Waals surface area contributed by atoms with Gasteiger partial charge in [-0.05, 0) is 36.1 Å². The van der Waals surface area contributed by atoms with Crippen LogP contribution >= 0.6 is 11.3 Å². The Morgan fingerprint density at radius 1 is 1.28 bits per heavy atom. The molecular formula is C16H14F4N2O5S2. The lowest BCUT2D eigenvalue weighted by molar-refractivity contribution is -0.127. The van der Waals surface area contributed by atoms with Crippen LogP contribution in [0.25, 0.3) is 0 Å². The fourth-order valence-corrected chi connectivity index (χ4v) is 5.25. The number of amides is 2. The number of halogens is 4. The van der Waals surface area contributed by atoms with Gasteiger partial charge in [0.1, 0.15) is 16.9 Å². The summed E-state index contributed by atoms with van der Waals surface area (Å²) in [5, 5.41) is 10.3. The van der Waals surface area contributed by atoms with Crippen LogP contribution in [0, 0.1) is 5.82 Å². The highest BCUT2D eigenvalue weighted by molar-refractivity contribution is 7.93. The van der Waals surface area contributed by atoms with Gasteiger partial charge >= 0.3 is 6.18 Å². The Morgan fingerprint density at radius 3 is 2.41 bits per heavy atom. The van der Waals surface area contributed by atoms with E-state index in [1.807, 2.05) is 0 Å². The molecule has 0 aliphatic carbocycles. The van der Waals surface area contributed by atoms with E-state index in [4.69, 9.17) is 5.73 Å². The zero-order valence-electron chi connectivity index (χ0n) is 14.6. The summed E-state index contributed by atoms with van der Waals surface area (Å²) in [6.45, 7) is 0.921. The molecule has 29 heavy (non-hydrogen) atoms. The van der Waals surface area contributed by atoms with Crippen LogP contribution in [0.3, 0.4) is 0 Å². The van der Waals surface area contributed by atoms with Gasteiger partial charge in [0.15, 0.2) is 0 Å². The maximum atomic E-state index is 13.7. The number of carbonyl (C=O) groups excluding carboxylic acids is 2. The Balaban J connectivity index is 2.78. The molecule has 7 nitrogen and oxygen atoms in total. The number of anilines is 1. The summed E-state index contributed by atoms with van der Waals surface area (Å²) in [5.74, 6) is -3.74. The zero-order chi connectivity index (χ0) is 22.1. The highest BCUT2D eigenvalue weighted by atomic mass is 32.2. The van der Waals surface area contributed by atoms with E-state index in [9.17, 15) is 40.7 Å². The van der Waals surface area contributed by atoms with Crippen molar-refractivity contribution in [2.24, 2.45) is 5.73 Å². The third-order valence-corrected chi connectivity index (χ3v) is 6.38. The third kappa shape index (κ3) is 4.92. The number of benzene rings is 1. The first kappa shape index (κ1) is 22.8. The van der Waals surface area contributed by atoms with Crippen LogP contribution in [0.5, 0.6) is 0 Å². The number of aliphatic hydroxyl groups excluding tert-OH is 1. The van der Waals surface area contributed by atoms with Crippen molar-refractivity contribution >= 4 is 38.2 Å². The second kappa shape index (κ2) is 8.08. The number of nitrogens with two attached hydrogens (primary N) is 1. The van der Waals surface area contributed by atoms with E-state index in [1.54, 1.807) is 0 Å². The van der Waals surface area contributed by atoms with Gasteiger partial charge in [-0.15, -0.1) is 11.3 Å². The molecule has 0 bridgehead atoms. The van der Waals surface area contributed by atoms with Gasteiger partial charge in [-0.3, -0.25) is 9.59 Å². The molecule has 1 aromatic heterocycles. The molecular weight excluding hydrogens is 440 g/mol. The Labute approximate surface area is 166 Å². The molecule has 1 atom stereocenters. The van der Waals surface area contributed by atoms with E-state index in [-0.39, 0.29) is 4.31 Å². The summed E-state index contributed by atoms with van der Waals surface area (Å²) >= 11 is 0.574. The van der Waals surface area contributed by atoms with E-state index in [0.29, 0.717) is 29.5 Å². The molecule has 0 aliphatic heterocycles. The van der Waals surface area contributed by atoms with Crippen molar-refractivity contribution < 1.29 is 40.7 Å². The lowest BCUT2D eigenvalue weighted by Crippen LogP contribution is -2.43. The Bertz CT molecular complexity index is 1050. The molecule has 0 spiro atoms. The summed E-state index contributed by atoms with van der Waals surface area (Å²) in [7, 11) is -5.16.